The molecule has 0 aliphatic rings. The zero-order valence-corrected chi connectivity index (χ0v) is 10.9. The van der Waals surface area contributed by atoms with Crippen LogP contribution in [0.25, 0.3) is 0 Å². The number of aromatic nitrogens is 2. The van der Waals surface area contributed by atoms with Crippen molar-refractivity contribution in [2.75, 3.05) is 18.1 Å². The number of nitrogens with one attached hydrogen (secondary N) is 1. The highest BCUT2D eigenvalue weighted by Gasteiger charge is 1.98. The molecule has 0 radical (unpaired) electrons. The zero-order valence-electron chi connectivity index (χ0n) is 10.1. The van der Waals surface area contributed by atoms with Gasteiger partial charge in [0.1, 0.15) is 5.75 Å². The van der Waals surface area contributed by atoms with Gasteiger partial charge in [0, 0.05) is 23.8 Å². The fourth-order valence-corrected chi connectivity index (χ4v) is 1.86. The average molecular weight is 261 g/mol. The maximum absolute atomic E-state index is 9.34. The van der Waals surface area contributed by atoms with Crippen molar-refractivity contribution in [1.82, 2.24) is 9.97 Å². The summed E-state index contributed by atoms with van der Waals surface area (Å²) in [5.74, 6) is 0.932. The number of hydrogen-bond donors (Lipinski definition) is 2. The number of aromatic hydroxyl groups is 1. The first kappa shape index (κ1) is 12.7. The fraction of sp³-hybridized carbons (Fsp3) is 0.231. The molecule has 0 saturated carbocycles. The van der Waals surface area contributed by atoms with Gasteiger partial charge in [-0.05, 0) is 30.4 Å². The smallest absolute Gasteiger partial charge is 0.222 e. The minimum absolute atomic E-state index is 0.299. The Bertz CT molecular complexity index is 502. The molecule has 0 fully saturated rings. The molecule has 4 nitrogen and oxygen atoms in total. The first-order valence-corrected chi connectivity index (χ1v) is 6.88. The van der Waals surface area contributed by atoms with Gasteiger partial charge in [0.15, 0.2) is 0 Å². The Morgan fingerprint density at radius 1 is 1.28 bits per heavy atom. The summed E-state index contributed by atoms with van der Waals surface area (Å²) in [7, 11) is 0. The third kappa shape index (κ3) is 3.63. The van der Waals surface area contributed by atoms with Gasteiger partial charge in [0.2, 0.25) is 5.95 Å². The Morgan fingerprint density at radius 2 is 2.06 bits per heavy atom. The normalized spacial score (nSPS) is 10.3. The third-order valence-electron chi connectivity index (χ3n) is 2.47. The van der Waals surface area contributed by atoms with Crippen LogP contribution in [0.4, 0.5) is 5.95 Å². The molecule has 2 N–H and O–H groups in total. The van der Waals surface area contributed by atoms with E-state index in [-0.39, 0.29) is 0 Å². The van der Waals surface area contributed by atoms with Gasteiger partial charge in [0.25, 0.3) is 0 Å². The van der Waals surface area contributed by atoms with E-state index in [9.17, 15) is 5.11 Å². The topological polar surface area (TPSA) is 58.0 Å². The van der Waals surface area contributed by atoms with Crippen molar-refractivity contribution in [3.8, 4) is 5.75 Å². The molecule has 0 atom stereocenters. The van der Waals surface area contributed by atoms with Gasteiger partial charge in [-0.25, -0.2) is 9.97 Å². The molecule has 1 heterocycles. The molecule has 1 aromatic carbocycles. The van der Waals surface area contributed by atoms with E-state index in [1.165, 1.54) is 0 Å². The highest BCUT2D eigenvalue weighted by atomic mass is 32.2. The Labute approximate surface area is 110 Å². The van der Waals surface area contributed by atoms with E-state index in [1.54, 1.807) is 36.3 Å². The van der Waals surface area contributed by atoms with Crippen molar-refractivity contribution >= 4 is 17.7 Å². The number of phenolic OH excluding ortho intramolecular Hbond substituents is 1. The molecule has 1 aromatic heterocycles. The summed E-state index contributed by atoms with van der Waals surface area (Å²) in [6, 6.07) is 7.26. The summed E-state index contributed by atoms with van der Waals surface area (Å²) in [6.07, 6.45) is 6.42. The van der Waals surface area contributed by atoms with Gasteiger partial charge in [-0.3, -0.25) is 0 Å². The number of nitrogens with zero attached hydrogens (tertiary/aromatic N) is 2. The standard InChI is InChI=1S/C13H15N3OS/c1-18-12-8-15-13(16-9-12)14-6-5-10-3-2-4-11(17)7-10/h2-4,7-9,17H,5-6H2,1H3,(H,14,15,16). The first-order chi connectivity index (χ1) is 8.78. The number of rotatable bonds is 5. The van der Waals surface area contributed by atoms with Gasteiger partial charge < -0.3 is 10.4 Å². The lowest BCUT2D eigenvalue weighted by Crippen LogP contribution is -2.07. The number of benzene rings is 1. The fourth-order valence-electron chi connectivity index (χ4n) is 1.54. The molecule has 94 valence electrons. The molecule has 0 amide bonds. The van der Waals surface area contributed by atoms with Gasteiger partial charge in [-0.2, -0.15) is 0 Å². The molecule has 18 heavy (non-hydrogen) atoms. The quantitative estimate of drug-likeness (QED) is 0.810. The molecule has 0 unspecified atom stereocenters. The summed E-state index contributed by atoms with van der Waals surface area (Å²) in [4.78, 5) is 9.46. The monoisotopic (exact) mass is 261 g/mol. The first-order valence-electron chi connectivity index (χ1n) is 5.66. The van der Waals surface area contributed by atoms with Crippen LogP contribution in [0.2, 0.25) is 0 Å². The summed E-state index contributed by atoms with van der Waals surface area (Å²) in [6.45, 7) is 0.738. The van der Waals surface area contributed by atoms with E-state index >= 15 is 0 Å². The maximum Gasteiger partial charge on any atom is 0.222 e. The van der Waals surface area contributed by atoms with Gasteiger partial charge in [-0.1, -0.05) is 12.1 Å². The molecule has 0 bridgehead atoms. The van der Waals surface area contributed by atoms with Crippen LogP contribution in [0.3, 0.4) is 0 Å². The maximum atomic E-state index is 9.34. The molecule has 0 saturated heterocycles. The molecule has 0 aliphatic heterocycles. The summed E-state index contributed by atoms with van der Waals surface area (Å²) < 4.78 is 0. The van der Waals surface area contributed by atoms with Crippen molar-refractivity contribution in [1.29, 1.82) is 0 Å². The number of thioether (sulfide) groups is 1. The molecular formula is C13H15N3OS. The highest BCUT2D eigenvalue weighted by molar-refractivity contribution is 7.98. The van der Waals surface area contributed by atoms with Crippen molar-refractivity contribution in [3.05, 3.63) is 42.2 Å². The summed E-state index contributed by atoms with van der Waals surface area (Å²) in [5.41, 5.74) is 1.09. The minimum Gasteiger partial charge on any atom is -0.508 e. The van der Waals surface area contributed by atoms with Crippen molar-refractivity contribution in [2.24, 2.45) is 0 Å². The van der Waals surface area contributed by atoms with E-state index in [1.807, 2.05) is 18.4 Å². The van der Waals surface area contributed by atoms with Crippen LogP contribution in [0.1, 0.15) is 5.56 Å². The molecule has 2 aromatic rings. The highest BCUT2D eigenvalue weighted by Crippen LogP contribution is 2.13. The van der Waals surface area contributed by atoms with E-state index in [2.05, 4.69) is 15.3 Å². The Hall–Kier alpha value is -1.75. The average Bonchev–Trinajstić information content (AvgIpc) is 2.40. The van der Waals surface area contributed by atoms with Crippen LogP contribution < -0.4 is 5.32 Å². The lowest BCUT2D eigenvalue weighted by Gasteiger charge is -2.05. The van der Waals surface area contributed by atoms with Crippen LogP contribution in [-0.4, -0.2) is 27.9 Å². The van der Waals surface area contributed by atoms with Crippen LogP contribution in [0.5, 0.6) is 5.75 Å². The zero-order chi connectivity index (χ0) is 12.8. The SMILES string of the molecule is CSc1cnc(NCCc2cccc(O)c2)nc1. The summed E-state index contributed by atoms with van der Waals surface area (Å²) >= 11 is 1.62. The lowest BCUT2D eigenvalue weighted by molar-refractivity contribution is 0.474. The number of phenols is 1. The van der Waals surface area contributed by atoms with Crippen molar-refractivity contribution < 1.29 is 5.11 Å². The molecule has 5 heteroatoms. The van der Waals surface area contributed by atoms with Crippen LogP contribution in [-0.2, 0) is 6.42 Å². The Balaban J connectivity index is 1.84. The van der Waals surface area contributed by atoms with Crippen LogP contribution in [0, 0.1) is 0 Å². The second kappa shape index (κ2) is 6.26. The Morgan fingerprint density at radius 3 is 2.72 bits per heavy atom. The van der Waals surface area contributed by atoms with E-state index in [4.69, 9.17) is 0 Å². The molecule has 0 spiro atoms. The minimum atomic E-state index is 0.299. The predicted molar refractivity (Wildman–Crippen MR) is 74.1 cm³/mol. The van der Waals surface area contributed by atoms with Gasteiger partial charge in [0.05, 0.1) is 0 Å². The lowest BCUT2D eigenvalue weighted by atomic mass is 10.1. The van der Waals surface area contributed by atoms with E-state index in [0.29, 0.717) is 11.7 Å². The number of hydrogen-bond acceptors (Lipinski definition) is 5. The number of anilines is 1. The third-order valence-corrected chi connectivity index (χ3v) is 3.15. The second-order valence-electron chi connectivity index (χ2n) is 3.79. The summed E-state index contributed by atoms with van der Waals surface area (Å²) in [5, 5.41) is 12.5. The molecular weight excluding hydrogens is 246 g/mol. The predicted octanol–water partition coefficient (Wildman–Crippen LogP) is 2.56. The Kier molecular flexibility index (Phi) is 4.41. The molecule has 2 rings (SSSR count). The van der Waals surface area contributed by atoms with E-state index in [0.717, 1.165) is 23.4 Å². The van der Waals surface area contributed by atoms with E-state index < -0.39 is 0 Å². The largest absolute Gasteiger partial charge is 0.508 e. The second-order valence-corrected chi connectivity index (χ2v) is 4.67. The van der Waals surface area contributed by atoms with Gasteiger partial charge in [-0.15, -0.1) is 11.8 Å². The van der Waals surface area contributed by atoms with Crippen LogP contribution in [0.15, 0.2) is 41.6 Å². The van der Waals surface area contributed by atoms with Crippen LogP contribution >= 0.6 is 11.8 Å². The molecule has 0 aliphatic carbocycles. The van der Waals surface area contributed by atoms with Gasteiger partial charge >= 0.3 is 0 Å². The van der Waals surface area contributed by atoms with Crippen molar-refractivity contribution in [2.45, 2.75) is 11.3 Å². The van der Waals surface area contributed by atoms with Crippen molar-refractivity contribution in [3.63, 3.8) is 0 Å².